The van der Waals surface area contributed by atoms with E-state index < -0.39 is 0 Å². The van der Waals surface area contributed by atoms with Crippen LogP contribution in [0.2, 0.25) is 0 Å². The van der Waals surface area contributed by atoms with E-state index in [1.54, 1.807) is 17.0 Å². The molecule has 0 aromatic heterocycles. The molecule has 1 aliphatic rings. The Hall–Kier alpha value is -1.42. The van der Waals surface area contributed by atoms with E-state index in [0.717, 1.165) is 13.1 Å². The van der Waals surface area contributed by atoms with Crippen molar-refractivity contribution in [2.75, 3.05) is 26.2 Å². The van der Waals surface area contributed by atoms with Crippen molar-refractivity contribution in [2.24, 2.45) is 0 Å². The standard InChI is InChI=1S/C14H19FN2O/c1-11(2)16-6-8-17(9-7-16)14(18)12-4-3-5-13(15)10-12/h3-5,10-11H,6-9H2,1-2H3. The molecule has 0 unspecified atom stereocenters. The molecule has 3 nitrogen and oxygen atoms in total. The number of hydrogen-bond donors (Lipinski definition) is 0. The Kier molecular flexibility index (Phi) is 3.97. The summed E-state index contributed by atoms with van der Waals surface area (Å²) < 4.78 is 13.1. The maximum atomic E-state index is 13.1. The summed E-state index contributed by atoms with van der Waals surface area (Å²) in [5, 5.41) is 0. The Morgan fingerprint density at radius 1 is 1.22 bits per heavy atom. The van der Waals surface area contributed by atoms with Crippen molar-refractivity contribution >= 4 is 5.91 Å². The monoisotopic (exact) mass is 250 g/mol. The van der Waals surface area contributed by atoms with Crippen molar-refractivity contribution in [3.05, 3.63) is 35.6 Å². The van der Waals surface area contributed by atoms with E-state index in [4.69, 9.17) is 0 Å². The minimum Gasteiger partial charge on any atom is -0.336 e. The quantitative estimate of drug-likeness (QED) is 0.801. The third-order valence-electron chi connectivity index (χ3n) is 3.40. The summed E-state index contributed by atoms with van der Waals surface area (Å²) in [6.45, 7) is 7.52. The molecule has 0 spiro atoms. The number of piperazine rings is 1. The predicted molar refractivity (Wildman–Crippen MR) is 69.0 cm³/mol. The molecule has 0 radical (unpaired) electrons. The second-order valence-corrected chi connectivity index (χ2v) is 4.93. The summed E-state index contributed by atoms with van der Waals surface area (Å²) >= 11 is 0. The summed E-state index contributed by atoms with van der Waals surface area (Å²) in [7, 11) is 0. The van der Waals surface area contributed by atoms with Gasteiger partial charge in [0.2, 0.25) is 0 Å². The van der Waals surface area contributed by atoms with Crippen LogP contribution in [0.1, 0.15) is 24.2 Å². The van der Waals surface area contributed by atoms with E-state index in [1.807, 2.05) is 0 Å². The second-order valence-electron chi connectivity index (χ2n) is 4.93. The van der Waals surface area contributed by atoms with Crippen LogP contribution >= 0.6 is 0 Å². The van der Waals surface area contributed by atoms with Gasteiger partial charge >= 0.3 is 0 Å². The number of nitrogens with zero attached hydrogens (tertiary/aromatic N) is 2. The number of hydrogen-bond acceptors (Lipinski definition) is 2. The summed E-state index contributed by atoms with van der Waals surface area (Å²) in [5.41, 5.74) is 0.438. The van der Waals surface area contributed by atoms with Crippen molar-refractivity contribution < 1.29 is 9.18 Å². The van der Waals surface area contributed by atoms with Crippen LogP contribution < -0.4 is 0 Å². The maximum absolute atomic E-state index is 13.1. The van der Waals surface area contributed by atoms with E-state index >= 15 is 0 Å². The fourth-order valence-electron chi connectivity index (χ4n) is 2.25. The average Bonchev–Trinajstić information content (AvgIpc) is 2.38. The molecular weight excluding hydrogens is 231 g/mol. The molecule has 98 valence electrons. The first-order valence-electron chi connectivity index (χ1n) is 6.37. The van der Waals surface area contributed by atoms with Crippen LogP contribution in [-0.2, 0) is 0 Å². The molecule has 0 N–H and O–H groups in total. The highest BCUT2D eigenvalue weighted by Crippen LogP contribution is 2.11. The molecular formula is C14H19FN2O. The number of halogens is 1. The Morgan fingerprint density at radius 3 is 2.44 bits per heavy atom. The Bertz CT molecular complexity index is 426. The van der Waals surface area contributed by atoms with Gasteiger partial charge in [0.1, 0.15) is 5.82 Å². The molecule has 0 atom stereocenters. The molecule has 1 fully saturated rings. The van der Waals surface area contributed by atoms with Crippen molar-refractivity contribution in [1.29, 1.82) is 0 Å². The van der Waals surface area contributed by atoms with Crippen LogP contribution in [0, 0.1) is 5.82 Å². The fourth-order valence-corrected chi connectivity index (χ4v) is 2.25. The summed E-state index contributed by atoms with van der Waals surface area (Å²) in [4.78, 5) is 16.3. The second kappa shape index (κ2) is 5.48. The lowest BCUT2D eigenvalue weighted by Gasteiger charge is -2.36. The number of carbonyl (C=O) groups excluding carboxylic acids is 1. The lowest BCUT2D eigenvalue weighted by molar-refractivity contribution is 0.0595. The third-order valence-corrected chi connectivity index (χ3v) is 3.40. The molecule has 0 aliphatic carbocycles. The van der Waals surface area contributed by atoms with Crippen LogP contribution in [0.3, 0.4) is 0 Å². The van der Waals surface area contributed by atoms with Gasteiger partial charge in [0.25, 0.3) is 5.91 Å². The molecule has 4 heteroatoms. The molecule has 1 aliphatic heterocycles. The van der Waals surface area contributed by atoms with Crippen molar-refractivity contribution in [1.82, 2.24) is 9.80 Å². The third kappa shape index (κ3) is 2.88. The highest BCUT2D eigenvalue weighted by Gasteiger charge is 2.23. The Balaban J connectivity index is 1.99. The highest BCUT2D eigenvalue weighted by molar-refractivity contribution is 5.94. The van der Waals surface area contributed by atoms with Gasteiger partial charge in [-0.25, -0.2) is 4.39 Å². The Labute approximate surface area is 107 Å². The van der Waals surface area contributed by atoms with Gasteiger partial charge in [-0.1, -0.05) is 6.07 Å². The molecule has 18 heavy (non-hydrogen) atoms. The van der Waals surface area contributed by atoms with E-state index in [1.165, 1.54) is 12.1 Å². The van der Waals surface area contributed by atoms with Gasteiger partial charge in [0, 0.05) is 37.8 Å². The minimum atomic E-state index is -0.360. The lowest BCUT2D eigenvalue weighted by atomic mass is 10.1. The fraction of sp³-hybridized carbons (Fsp3) is 0.500. The zero-order valence-corrected chi connectivity index (χ0v) is 10.9. The summed E-state index contributed by atoms with van der Waals surface area (Å²) in [6.07, 6.45) is 0. The lowest BCUT2D eigenvalue weighted by Crippen LogP contribution is -2.50. The van der Waals surface area contributed by atoms with Gasteiger partial charge in [-0.2, -0.15) is 0 Å². The van der Waals surface area contributed by atoms with Gasteiger partial charge in [-0.3, -0.25) is 9.69 Å². The first-order chi connectivity index (χ1) is 8.58. The van der Waals surface area contributed by atoms with Crippen LogP contribution in [0.25, 0.3) is 0 Å². The SMILES string of the molecule is CC(C)N1CCN(C(=O)c2cccc(F)c2)CC1. The maximum Gasteiger partial charge on any atom is 0.254 e. The number of benzene rings is 1. The van der Waals surface area contributed by atoms with Crippen molar-refractivity contribution in [2.45, 2.75) is 19.9 Å². The van der Waals surface area contributed by atoms with Crippen LogP contribution in [0.15, 0.2) is 24.3 Å². The van der Waals surface area contributed by atoms with Gasteiger partial charge < -0.3 is 4.90 Å². The van der Waals surface area contributed by atoms with Crippen LogP contribution in [-0.4, -0.2) is 47.9 Å². The van der Waals surface area contributed by atoms with E-state index in [0.29, 0.717) is 24.7 Å². The normalized spacial score (nSPS) is 17.2. The zero-order valence-electron chi connectivity index (χ0n) is 10.9. The average molecular weight is 250 g/mol. The van der Waals surface area contributed by atoms with Gasteiger partial charge in [0.15, 0.2) is 0 Å². The molecule has 2 rings (SSSR count). The summed E-state index contributed by atoms with van der Waals surface area (Å²) in [5.74, 6) is -0.431. The highest BCUT2D eigenvalue weighted by atomic mass is 19.1. The smallest absolute Gasteiger partial charge is 0.254 e. The van der Waals surface area contributed by atoms with Gasteiger partial charge in [-0.15, -0.1) is 0 Å². The molecule has 0 saturated carbocycles. The van der Waals surface area contributed by atoms with E-state index in [-0.39, 0.29) is 11.7 Å². The predicted octanol–water partition coefficient (Wildman–Crippen LogP) is 1.99. The number of carbonyl (C=O) groups is 1. The first-order valence-corrected chi connectivity index (χ1v) is 6.37. The van der Waals surface area contributed by atoms with Crippen LogP contribution in [0.4, 0.5) is 4.39 Å². The molecule has 1 aromatic carbocycles. The largest absolute Gasteiger partial charge is 0.336 e. The van der Waals surface area contributed by atoms with E-state index in [9.17, 15) is 9.18 Å². The van der Waals surface area contributed by atoms with Gasteiger partial charge in [0.05, 0.1) is 0 Å². The Morgan fingerprint density at radius 2 is 1.89 bits per heavy atom. The minimum absolute atomic E-state index is 0.0714. The topological polar surface area (TPSA) is 23.6 Å². The van der Waals surface area contributed by atoms with Crippen molar-refractivity contribution in [3.63, 3.8) is 0 Å². The first kappa shape index (κ1) is 13.0. The van der Waals surface area contributed by atoms with Crippen LogP contribution in [0.5, 0.6) is 0 Å². The van der Waals surface area contributed by atoms with E-state index in [2.05, 4.69) is 18.7 Å². The molecule has 1 amide bonds. The number of rotatable bonds is 2. The zero-order chi connectivity index (χ0) is 13.1. The molecule has 1 aromatic rings. The molecule has 1 saturated heterocycles. The summed E-state index contributed by atoms with van der Waals surface area (Å²) in [6, 6.07) is 6.41. The van der Waals surface area contributed by atoms with Crippen molar-refractivity contribution in [3.8, 4) is 0 Å². The molecule has 1 heterocycles. The molecule has 0 bridgehead atoms. The van der Waals surface area contributed by atoms with Gasteiger partial charge in [-0.05, 0) is 32.0 Å². The number of amides is 1.